The number of aromatic nitrogens is 1. The van der Waals surface area contributed by atoms with Gasteiger partial charge in [-0.2, -0.15) is 0 Å². The van der Waals surface area contributed by atoms with Gasteiger partial charge in [0.05, 0.1) is 5.52 Å². The minimum Gasteiger partial charge on any atom is -0.384 e. The molecule has 0 unspecified atom stereocenters. The molecule has 3 nitrogen and oxygen atoms in total. The van der Waals surface area contributed by atoms with E-state index in [1.54, 1.807) is 0 Å². The Morgan fingerprint density at radius 2 is 2.07 bits per heavy atom. The smallest absolute Gasteiger partial charge is 0.0722 e. The Morgan fingerprint density at radius 3 is 2.93 bits per heavy atom. The summed E-state index contributed by atoms with van der Waals surface area (Å²) in [5, 5.41) is 4.53. The third-order valence-electron chi connectivity index (χ3n) is 2.35. The second-order valence-electron chi connectivity index (χ2n) is 3.44. The number of benzene rings is 1. The van der Waals surface area contributed by atoms with Crippen molar-refractivity contribution in [1.82, 2.24) is 4.98 Å². The second kappa shape index (κ2) is 4.75. The molecule has 1 heterocycles. The van der Waals surface area contributed by atoms with Crippen LogP contribution in [0.2, 0.25) is 0 Å². The van der Waals surface area contributed by atoms with Gasteiger partial charge in [-0.05, 0) is 25.1 Å². The number of nitrogens with zero attached hydrogens (tertiary/aromatic N) is 1. The van der Waals surface area contributed by atoms with Crippen LogP contribution in [0.5, 0.6) is 0 Å². The number of hydrogen-bond donors (Lipinski definition) is 2. The summed E-state index contributed by atoms with van der Waals surface area (Å²) < 4.78 is 0. The summed E-state index contributed by atoms with van der Waals surface area (Å²) in [5.41, 5.74) is 7.61. The van der Waals surface area contributed by atoms with Gasteiger partial charge in [0.15, 0.2) is 0 Å². The summed E-state index contributed by atoms with van der Waals surface area (Å²) in [6, 6.07) is 10.1. The first-order valence-corrected chi connectivity index (χ1v) is 5.19. The van der Waals surface area contributed by atoms with Gasteiger partial charge >= 0.3 is 0 Å². The Bertz CT molecular complexity index is 434. The van der Waals surface area contributed by atoms with E-state index in [0.29, 0.717) is 0 Å². The summed E-state index contributed by atoms with van der Waals surface area (Å²) >= 11 is 0. The summed E-state index contributed by atoms with van der Waals surface area (Å²) in [7, 11) is 0. The standard InChI is InChI=1S/C12H15N3/c13-7-3-8-14-12-6-9-15-11-5-2-1-4-10(11)12/h1-2,4-6,9H,3,7-8,13H2,(H,14,15). The largest absolute Gasteiger partial charge is 0.384 e. The van der Waals surface area contributed by atoms with Crippen LogP contribution in [0.1, 0.15) is 6.42 Å². The molecular formula is C12H15N3. The van der Waals surface area contributed by atoms with Crippen molar-refractivity contribution >= 4 is 16.6 Å². The molecule has 0 radical (unpaired) electrons. The molecule has 0 aliphatic carbocycles. The Labute approximate surface area is 89.3 Å². The van der Waals surface area contributed by atoms with Gasteiger partial charge in [-0.15, -0.1) is 0 Å². The molecule has 0 amide bonds. The number of anilines is 1. The summed E-state index contributed by atoms with van der Waals surface area (Å²) in [6.07, 6.45) is 2.81. The first-order chi connectivity index (χ1) is 7.42. The molecule has 0 atom stereocenters. The third-order valence-corrected chi connectivity index (χ3v) is 2.35. The van der Waals surface area contributed by atoms with Gasteiger partial charge in [0, 0.05) is 23.8 Å². The van der Waals surface area contributed by atoms with Crippen molar-refractivity contribution < 1.29 is 0 Å². The zero-order chi connectivity index (χ0) is 10.5. The zero-order valence-electron chi connectivity index (χ0n) is 8.61. The number of para-hydroxylation sites is 1. The average molecular weight is 201 g/mol. The molecule has 78 valence electrons. The number of nitrogens with two attached hydrogens (primary N) is 1. The maximum Gasteiger partial charge on any atom is 0.0722 e. The number of hydrogen-bond acceptors (Lipinski definition) is 3. The fourth-order valence-corrected chi connectivity index (χ4v) is 1.58. The zero-order valence-corrected chi connectivity index (χ0v) is 8.61. The van der Waals surface area contributed by atoms with Crippen LogP contribution in [-0.2, 0) is 0 Å². The molecule has 0 spiro atoms. The minimum absolute atomic E-state index is 0.718. The van der Waals surface area contributed by atoms with Gasteiger partial charge < -0.3 is 11.1 Å². The molecule has 0 saturated heterocycles. The van der Waals surface area contributed by atoms with Gasteiger partial charge in [-0.3, -0.25) is 4.98 Å². The van der Waals surface area contributed by atoms with Gasteiger partial charge in [-0.1, -0.05) is 18.2 Å². The lowest BCUT2D eigenvalue weighted by Gasteiger charge is -2.08. The van der Waals surface area contributed by atoms with Crippen molar-refractivity contribution in [1.29, 1.82) is 0 Å². The summed E-state index contributed by atoms with van der Waals surface area (Å²) in [4.78, 5) is 4.31. The lowest BCUT2D eigenvalue weighted by molar-refractivity contribution is 0.875. The highest BCUT2D eigenvalue weighted by atomic mass is 14.9. The molecule has 0 fully saturated rings. The molecule has 2 aromatic rings. The van der Waals surface area contributed by atoms with Crippen molar-refractivity contribution in [2.45, 2.75) is 6.42 Å². The van der Waals surface area contributed by atoms with Crippen molar-refractivity contribution in [3.05, 3.63) is 36.5 Å². The second-order valence-corrected chi connectivity index (χ2v) is 3.44. The number of fused-ring (bicyclic) bond motifs is 1. The highest BCUT2D eigenvalue weighted by molar-refractivity contribution is 5.90. The van der Waals surface area contributed by atoms with Crippen LogP contribution in [0.15, 0.2) is 36.5 Å². The van der Waals surface area contributed by atoms with Crippen LogP contribution in [-0.4, -0.2) is 18.1 Å². The molecule has 2 rings (SSSR count). The minimum atomic E-state index is 0.718. The first kappa shape index (κ1) is 9.93. The highest BCUT2D eigenvalue weighted by Gasteiger charge is 1.99. The van der Waals surface area contributed by atoms with E-state index in [-0.39, 0.29) is 0 Å². The van der Waals surface area contributed by atoms with Crippen LogP contribution < -0.4 is 11.1 Å². The van der Waals surface area contributed by atoms with Gasteiger partial charge in [-0.25, -0.2) is 0 Å². The quantitative estimate of drug-likeness (QED) is 0.744. The Kier molecular flexibility index (Phi) is 3.15. The van der Waals surface area contributed by atoms with E-state index in [2.05, 4.69) is 16.4 Å². The van der Waals surface area contributed by atoms with Crippen LogP contribution in [0.4, 0.5) is 5.69 Å². The molecule has 3 N–H and O–H groups in total. The van der Waals surface area contributed by atoms with E-state index >= 15 is 0 Å². The monoisotopic (exact) mass is 201 g/mol. The van der Waals surface area contributed by atoms with Crippen LogP contribution in [0.25, 0.3) is 10.9 Å². The predicted molar refractivity (Wildman–Crippen MR) is 63.9 cm³/mol. The average Bonchev–Trinajstić information content (AvgIpc) is 2.30. The van der Waals surface area contributed by atoms with E-state index in [1.165, 1.54) is 0 Å². The van der Waals surface area contributed by atoms with Crippen LogP contribution >= 0.6 is 0 Å². The molecule has 3 heteroatoms. The molecule has 0 saturated carbocycles. The molecule has 1 aromatic carbocycles. The number of pyridine rings is 1. The van der Waals surface area contributed by atoms with Crippen molar-refractivity contribution in [2.75, 3.05) is 18.4 Å². The molecule has 15 heavy (non-hydrogen) atoms. The SMILES string of the molecule is NCCCNc1ccnc2ccccc12. The molecule has 0 aliphatic rings. The van der Waals surface area contributed by atoms with Crippen molar-refractivity contribution in [3.8, 4) is 0 Å². The topological polar surface area (TPSA) is 50.9 Å². The van der Waals surface area contributed by atoms with Gasteiger partial charge in [0.2, 0.25) is 0 Å². The van der Waals surface area contributed by atoms with E-state index < -0.39 is 0 Å². The summed E-state index contributed by atoms with van der Waals surface area (Å²) in [5.74, 6) is 0. The number of rotatable bonds is 4. The molecule has 1 aromatic heterocycles. The van der Waals surface area contributed by atoms with Gasteiger partial charge in [0.1, 0.15) is 0 Å². The highest BCUT2D eigenvalue weighted by Crippen LogP contribution is 2.20. The summed E-state index contributed by atoms with van der Waals surface area (Å²) in [6.45, 7) is 1.63. The van der Waals surface area contributed by atoms with E-state index in [4.69, 9.17) is 5.73 Å². The third kappa shape index (κ3) is 2.25. The Hall–Kier alpha value is -1.61. The van der Waals surface area contributed by atoms with Crippen LogP contribution in [0.3, 0.4) is 0 Å². The fourth-order valence-electron chi connectivity index (χ4n) is 1.58. The normalized spacial score (nSPS) is 10.5. The van der Waals surface area contributed by atoms with E-state index in [1.807, 2.05) is 30.5 Å². The molecular weight excluding hydrogens is 186 g/mol. The fraction of sp³-hybridized carbons (Fsp3) is 0.250. The predicted octanol–water partition coefficient (Wildman–Crippen LogP) is 2.00. The Balaban J connectivity index is 2.26. The first-order valence-electron chi connectivity index (χ1n) is 5.19. The molecule has 0 aliphatic heterocycles. The van der Waals surface area contributed by atoms with Crippen molar-refractivity contribution in [2.24, 2.45) is 5.73 Å². The van der Waals surface area contributed by atoms with Gasteiger partial charge in [0.25, 0.3) is 0 Å². The maximum atomic E-state index is 5.45. The lowest BCUT2D eigenvalue weighted by Crippen LogP contribution is -2.08. The Morgan fingerprint density at radius 1 is 1.20 bits per heavy atom. The van der Waals surface area contributed by atoms with E-state index in [9.17, 15) is 0 Å². The maximum absolute atomic E-state index is 5.45. The van der Waals surface area contributed by atoms with Crippen LogP contribution in [0, 0.1) is 0 Å². The van der Waals surface area contributed by atoms with E-state index in [0.717, 1.165) is 36.1 Å². The number of nitrogens with one attached hydrogen (secondary N) is 1. The van der Waals surface area contributed by atoms with Crippen molar-refractivity contribution in [3.63, 3.8) is 0 Å². The molecule has 0 bridgehead atoms. The lowest BCUT2D eigenvalue weighted by atomic mass is 10.2.